The van der Waals surface area contributed by atoms with Crippen molar-refractivity contribution >= 4 is 17.4 Å². The van der Waals surface area contributed by atoms with Crippen LogP contribution in [0, 0.1) is 0 Å². The predicted octanol–water partition coefficient (Wildman–Crippen LogP) is 3.44. The van der Waals surface area contributed by atoms with Gasteiger partial charge in [0.25, 0.3) is 11.7 Å². The van der Waals surface area contributed by atoms with Crippen LogP contribution < -0.4 is 14.2 Å². The van der Waals surface area contributed by atoms with E-state index in [1.165, 1.54) is 4.90 Å². The van der Waals surface area contributed by atoms with Gasteiger partial charge in [0.1, 0.15) is 11.5 Å². The number of likely N-dealkylation sites (tertiary alicyclic amines) is 1. The number of hydrogen-bond acceptors (Lipinski definition) is 7. The van der Waals surface area contributed by atoms with Crippen LogP contribution in [0.2, 0.25) is 0 Å². The number of pyridine rings is 1. The fraction of sp³-hybridized carbons (Fsp3) is 0.160. The zero-order valence-corrected chi connectivity index (χ0v) is 17.7. The van der Waals surface area contributed by atoms with Crippen molar-refractivity contribution in [1.82, 2.24) is 9.88 Å². The molecule has 5 rings (SSSR count). The van der Waals surface area contributed by atoms with Gasteiger partial charge in [0.15, 0.2) is 11.5 Å². The van der Waals surface area contributed by atoms with Gasteiger partial charge in [-0.15, -0.1) is 0 Å². The van der Waals surface area contributed by atoms with Crippen LogP contribution in [0.3, 0.4) is 0 Å². The van der Waals surface area contributed by atoms with Crippen LogP contribution in [-0.2, 0) is 16.1 Å². The number of aromatic nitrogens is 1. The molecule has 0 aliphatic carbocycles. The van der Waals surface area contributed by atoms with Gasteiger partial charge in [0.05, 0.1) is 25.3 Å². The molecule has 0 spiro atoms. The number of aliphatic hydroxyl groups is 1. The Morgan fingerprint density at radius 2 is 1.85 bits per heavy atom. The number of carbonyl (C=O) groups is 2. The molecule has 1 aromatic heterocycles. The number of para-hydroxylation sites is 1. The number of benzene rings is 2. The molecule has 1 saturated heterocycles. The third-order valence-corrected chi connectivity index (χ3v) is 5.74. The fourth-order valence-corrected chi connectivity index (χ4v) is 4.15. The number of hydrogen-bond donors (Lipinski definition) is 1. The lowest BCUT2D eigenvalue weighted by atomic mass is 9.95. The lowest BCUT2D eigenvalue weighted by Crippen LogP contribution is -2.29. The summed E-state index contributed by atoms with van der Waals surface area (Å²) < 4.78 is 16.1. The van der Waals surface area contributed by atoms with Crippen LogP contribution in [0.25, 0.3) is 5.76 Å². The van der Waals surface area contributed by atoms with Gasteiger partial charge in [-0.1, -0.05) is 18.2 Å². The van der Waals surface area contributed by atoms with Crippen molar-refractivity contribution in [2.45, 2.75) is 12.6 Å². The molecule has 0 bridgehead atoms. The van der Waals surface area contributed by atoms with Crippen LogP contribution in [0.1, 0.15) is 22.7 Å². The fourth-order valence-electron chi connectivity index (χ4n) is 4.15. The Morgan fingerprint density at radius 1 is 1.09 bits per heavy atom. The lowest BCUT2D eigenvalue weighted by Gasteiger charge is -2.26. The van der Waals surface area contributed by atoms with E-state index in [4.69, 9.17) is 14.2 Å². The van der Waals surface area contributed by atoms with Crippen LogP contribution in [0.15, 0.2) is 72.6 Å². The summed E-state index contributed by atoms with van der Waals surface area (Å²) in [6.07, 6.45) is 3.16. The first-order chi connectivity index (χ1) is 16.1. The predicted molar refractivity (Wildman–Crippen MR) is 118 cm³/mol. The minimum Gasteiger partial charge on any atom is -0.507 e. The Labute approximate surface area is 189 Å². The Balaban J connectivity index is 1.63. The van der Waals surface area contributed by atoms with Gasteiger partial charge in [-0.3, -0.25) is 14.6 Å². The molecule has 1 atom stereocenters. The van der Waals surface area contributed by atoms with Gasteiger partial charge in [-0.2, -0.15) is 0 Å². The summed E-state index contributed by atoms with van der Waals surface area (Å²) in [6, 6.07) is 14.8. The normalized spacial score (nSPS) is 18.6. The minimum absolute atomic E-state index is 0.0000340. The summed E-state index contributed by atoms with van der Waals surface area (Å²) in [5, 5.41) is 11.2. The van der Waals surface area contributed by atoms with Gasteiger partial charge in [-0.05, 0) is 42.0 Å². The first kappa shape index (κ1) is 20.6. The number of fused-ring (bicyclic) bond motifs is 1. The van der Waals surface area contributed by atoms with E-state index in [2.05, 4.69) is 4.98 Å². The molecule has 1 unspecified atom stereocenters. The summed E-state index contributed by atoms with van der Waals surface area (Å²) in [5.74, 6) is -0.136. The zero-order chi connectivity index (χ0) is 22.9. The summed E-state index contributed by atoms with van der Waals surface area (Å²) >= 11 is 0. The number of Topliss-reactive ketones (excluding diaryl/α,β-unsaturated/α-hetero) is 1. The molecule has 0 saturated carbocycles. The quantitative estimate of drug-likeness (QED) is 0.366. The van der Waals surface area contributed by atoms with Crippen molar-refractivity contribution in [1.29, 1.82) is 0 Å². The highest BCUT2D eigenvalue weighted by Crippen LogP contribution is 2.42. The summed E-state index contributed by atoms with van der Waals surface area (Å²) in [6.45, 7) is 0.208. The molecule has 33 heavy (non-hydrogen) atoms. The molecule has 8 heteroatoms. The highest BCUT2D eigenvalue weighted by Gasteiger charge is 2.46. The summed E-state index contributed by atoms with van der Waals surface area (Å²) in [4.78, 5) is 31.8. The van der Waals surface area contributed by atoms with Crippen LogP contribution in [0.4, 0.5) is 0 Å². The summed E-state index contributed by atoms with van der Waals surface area (Å²) in [7, 11) is 1.55. The second kappa shape index (κ2) is 8.31. The molecule has 1 fully saturated rings. The molecular formula is C25H20N2O6. The number of ketones is 1. The second-order valence-electron chi connectivity index (χ2n) is 7.59. The Bertz CT molecular complexity index is 1270. The SMILES string of the molecule is COc1ccccc1CN1C(=O)C(=O)/C(=C(\O)c2ccc3c(c2)OCO3)C1c1ccncc1. The summed E-state index contributed by atoms with van der Waals surface area (Å²) in [5.41, 5.74) is 1.75. The Hall–Kier alpha value is -4.33. The molecule has 2 aliphatic rings. The third-order valence-electron chi connectivity index (χ3n) is 5.74. The van der Waals surface area contributed by atoms with Crippen molar-refractivity contribution in [2.75, 3.05) is 13.9 Å². The average Bonchev–Trinajstić information content (AvgIpc) is 3.42. The topological polar surface area (TPSA) is 98.2 Å². The maximum absolute atomic E-state index is 13.2. The number of carbonyl (C=O) groups excluding carboxylic acids is 2. The monoisotopic (exact) mass is 444 g/mol. The number of methoxy groups -OCH3 is 1. The van der Waals surface area contributed by atoms with Crippen molar-refractivity contribution in [3.63, 3.8) is 0 Å². The number of ether oxygens (including phenoxy) is 3. The zero-order valence-electron chi connectivity index (χ0n) is 17.7. The molecule has 0 radical (unpaired) electrons. The van der Waals surface area contributed by atoms with E-state index in [0.717, 1.165) is 5.56 Å². The van der Waals surface area contributed by atoms with Crippen molar-refractivity contribution in [3.05, 3.63) is 89.3 Å². The molecule has 1 amide bonds. The molecule has 166 valence electrons. The molecule has 2 aliphatic heterocycles. The molecular weight excluding hydrogens is 424 g/mol. The molecule has 2 aromatic carbocycles. The first-order valence-electron chi connectivity index (χ1n) is 10.3. The highest BCUT2D eigenvalue weighted by atomic mass is 16.7. The van der Waals surface area contributed by atoms with Crippen LogP contribution in [-0.4, -0.2) is 40.6 Å². The van der Waals surface area contributed by atoms with Gasteiger partial charge in [0.2, 0.25) is 6.79 Å². The number of nitrogens with zero attached hydrogens (tertiary/aromatic N) is 2. The second-order valence-corrected chi connectivity index (χ2v) is 7.59. The van der Waals surface area contributed by atoms with E-state index < -0.39 is 17.7 Å². The van der Waals surface area contributed by atoms with Crippen molar-refractivity contribution < 1.29 is 28.9 Å². The lowest BCUT2D eigenvalue weighted by molar-refractivity contribution is -0.140. The van der Waals surface area contributed by atoms with Crippen molar-refractivity contribution in [2.24, 2.45) is 0 Å². The van der Waals surface area contributed by atoms with E-state index in [1.807, 2.05) is 18.2 Å². The first-order valence-corrected chi connectivity index (χ1v) is 10.3. The Kier molecular flexibility index (Phi) is 5.18. The Morgan fingerprint density at radius 3 is 2.64 bits per heavy atom. The van der Waals surface area contributed by atoms with Gasteiger partial charge in [-0.25, -0.2) is 0 Å². The number of rotatable bonds is 5. The van der Waals surface area contributed by atoms with Gasteiger partial charge in [0, 0.05) is 23.5 Å². The standard InChI is InChI=1S/C25H20N2O6/c1-31-18-5-3-2-4-17(18)13-27-22(15-8-10-26-11-9-15)21(24(29)25(27)30)23(28)16-6-7-19-20(12-16)33-14-32-19/h2-12,22,28H,13-14H2,1H3/b23-21-. The van der Waals surface area contributed by atoms with E-state index in [0.29, 0.717) is 28.4 Å². The van der Waals surface area contributed by atoms with E-state index in [-0.39, 0.29) is 24.7 Å². The molecule has 8 nitrogen and oxygen atoms in total. The van der Waals surface area contributed by atoms with Gasteiger partial charge >= 0.3 is 0 Å². The minimum atomic E-state index is -0.802. The smallest absolute Gasteiger partial charge is 0.295 e. The van der Waals surface area contributed by atoms with E-state index in [1.54, 1.807) is 55.9 Å². The average molecular weight is 444 g/mol. The van der Waals surface area contributed by atoms with E-state index in [9.17, 15) is 14.7 Å². The third kappa shape index (κ3) is 3.55. The highest BCUT2D eigenvalue weighted by molar-refractivity contribution is 6.46. The largest absolute Gasteiger partial charge is 0.507 e. The van der Waals surface area contributed by atoms with Crippen molar-refractivity contribution in [3.8, 4) is 17.2 Å². The van der Waals surface area contributed by atoms with Crippen LogP contribution >= 0.6 is 0 Å². The molecule has 1 N–H and O–H groups in total. The number of amides is 1. The molecule has 3 heterocycles. The maximum atomic E-state index is 13.2. The molecule has 3 aromatic rings. The van der Waals surface area contributed by atoms with Crippen LogP contribution in [0.5, 0.6) is 17.2 Å². The van der Waals surface area contributed by atoms with E-state index >= 15 is 0 Å². The maximum Gasteiger partial charge on any atom is 0.295 e. The van der Waals surface area contributed by atoms with Gasteiger partial charge < -0.3 is 24.2 Å². The number of aliphatic hydroxyl groups excluding tert-OH is 1.